The van der Waals surface area contributed by atoms with Gasteiger partial charge in [0.15, 0.2) is 0 Å². The third kappa shape index (κ3) is 6.23. The Balaban J connectivity index is 1.65. The summed E-state index contributed by atoms with van der Waals surface area (Å²) >= 11 is 6.18. The number of methoxy groups -OCH3 is 1. The molecule has 0 saturated carbocycles. The first-order chi connectivity index (χ1) is 17.8. The van der Waals surface area contributed by atoms with Crippen molar-refractivity contribution < 1.29 is 17.9 Å². The predicted octanol–water partition coefficient (Wildman–Crippen LogP) is 5.30. The van der Waals surface area contributed by atoms with Gasteiger partial charge in [-0.1, -0.05) is 35.9 Å². The lowest BCUT2D eigenvalue weighted by molar-refractivity contribution is -0.112. The van der Waals surface area contributed by atoms with E-state index in [1.165, 1.54) is 12.1 Å². The summed E-state index contributed by atoms with van der Waals surface area (Å²) in [6, 6.07) is 20.0. The Morgan fingerprint density at radius 2 is 1.78 bits per heavy atom. The molecule has 0 aromatic heterocycles. The summed E-state index contributed by atoms with van der Waals surface area (Å²) in [7, 11) is -2.51. The van der Waals surface area contributed by atoms with Crippen molar-refractivity contribution in [3.8, 4) is 11.8 Å². The van der Waals surface area contributed by atoms with Crippen LogP contribution in [0.5, 0.6) is 5.75 Å². The lowest BCUT2D eigenvalue weighted by Gasteiger charge is -2.22. The fourth-order valence-electron chi connectivity index (χ4n) is 3.98. The van der Waals surface area contributed by atoms with Gasteiger partial charge >= 0.3 is 0 Å². The SMILES string of the molecule is COc1ccc(/C=C(\C#N)C(=O)Nc2ccc(N3CCCC3)c(S(=O)(=O)Nc3ccccc3Cl)c2)cc1. The molecule has 1 aliphatic rings. The summed E-state index contributed by atoms with van der Waals surface area (Å²) in [5, 5.41) is 12.5. The number of nitrogens with one attached hydrogen (secondary N) is 2. The van der Waals surface area contributed by atoms with Crippen molar-refractivity contribution >= 4 is 50.7 Å². The molecule has 190 valence electrons. The normalized spacial score (nSPS) is 13.6. The first-order valence-electron chi connectivity index (χ1n) is 11.5. The van der Waals surface area contributed by atoms with Gasteiger partial charge in [0, 0.05) is 18.8 Å². The molecular weight excluding hydrogens is 512 g/mol. The number of benzene rings is 3. The molecule has 10 heteroatoms. The van der Waals surface area contributed by atoms with Crippen LogP contribution in [-0.4, -0.2) is 34.5 Å². The Hall–Kier alpha value is -4.00. The maximum Gasteiger partial charge on any atom is 0.266 e. The Bertz CT molecular complexity index is 1470. The maximum absolute atomic E-state index is 13.5. The molecule has 0 atom stereocenters. The highest BCUT2D eigenvalue weighted by Gasteiger charge is 2.25. The summed E-state index contributed by atoms with van der Waals surface area (Å²) in [6.07, 6.45) is 3.36. The molecule has 0 aliphatic carbocycles. The largest absolute Gasteiger partial charge is 0.497 e. The number of sulfonamides is 1. The van der Waals surface area contributed by atoms with Crippen LogP contribution in [0.3, 0.4) is 0 Å². The average molecular weight is 537 g/mol. The predicted molar refractivity (Wildman–Crippen MR) is 145 cm³/mol. The van der Waals surface area contributed by atoms with E-state index in [-0.39, 0.29) is 26.9 Å². The third-order valence-corrected chi connectivity index (χ3v) is 7.59. The first-order valence-corrected chi connectivity index (χ1v) is 13.4. The van der Waals surface area contributed by atoms with Gasteiger partial charge in [-0.25, -0.2) is 8.42 Å². The number of ether oxygens (including phenoxy) is 1. The Morgan fingerprint density at radius 3 is 2.43 bits per heavy atom. The Kier molecular flexibility index (Phi) is 8.01. The van der Waals surface area contributed by atoms with E-state index in [9.17, 15) is 18.5 Å². The molecule has 0 unspecified atom stereocenters. The Morgan fingerprint density at radius 1 is 1.08 bits per heavy atom. The number of nitriles is 1. The van der Waals surface area contributed by atoms with E-state index in [0.717, 1.165) is 25.9 Å². The van der Waals surface area contributed by atoms with Crippen molar-refractivity contribution in [3.63, 3.8) is 0 Å². The van der Waals surface area contributed by atoms with Crippen LogP contribution >= 0.6 is 11.6 Å². The van der Waals surface area contributed by atoms with Crippen LogP contribution in [-0.2, 0) is 14.8 Å². The van der Waals surface area contributed by atoms with Crippen LogP contribution in [0.1, 0.15) is 18.4 Å². The summed E-state index contributed by atoms with van der Waals surface area (Å²) in [4.78, 5) is 14.9. The van der Waals surface area contributed by atoms with E-state index in [0.29, 0.717) is 17.0 Å². The molecule has 1 aliphatic heterocycles. The van der Waals surface area contributed by atoms with Crippen LogP contribution in [0.15, 0.2) is 77.2 Å². The fourth-order valence-corrected chi connectivity index (χ4v) is 5.56. The quantitative estimate of drug-likeness (QED) is 0.299. The van der Waals surface area contributed by atoms with Crippen molar-refractivity contribution in [1.29, 1.82) is 5.26 Å². The second-order valence-corrected chi connectivity index (χ2v) is 10.4. The molecule has 1 saturated heterocycles. The van der Waals surface area contributed by atoms with Crippen molar-refractivity contribution in [3.05, 3.63) is 82.9 Å². The smallest absolute Gasteiger partial charge is 0.266 e. The third-order valence-electron chi connectivity index (χ3n) is 5.86. The second-order valence-electron chi connectivity index (χ2n) is 8.36. The maximum atomic E-state index is 13.5. The van der Waals surface area contributed by atoms with E-state index in [2.05, 4.69) is 10.0 Å². The van der Waals surface area contributed by atoms with Gasteiger partial charge in [0.2, 0.25) is 0 Å². The molecule has 0 spiro atoms. The van der Waals surface area contributed by atoms with E-state index in [1.807, 2.05) is 11.0 Å². The summed E-state index contributed by atoms with van der Waals surface area (Å²) in [5.74, 6) is -0.00742. The van der Waals surface area contributed by atoms with Gasteiger partial charge in [-0.3, -0.25) is 9.52 Å². The van der Waals surface area contributed by atoms with Crippen molar-refractivity contribution in [2.45, 2.75) is 17.7 Å². The number of halogens is 1. The number of hydrogen-bond donors (Lipinski definition) is 2. The first kappa shape index (κ1) is 26.1. The highest BCUT2D eigenvalue weighted by molar-refractivity contribution is 7.93. The number of rotatable bonds is 8. The molecule has 3 aromatic carbocycles. The summed E-state index contributed by atoms with van der Waals surface area (Å²) in [5.41, 5.74) is 1.53. The fraction of sp³-hybridized carbons (Fsp3) is 0.185. The molecular formula is C27H25ClN4O4S. The van der Waals surface area contributed by atoms with E-state index >= 15 is 0 Å². The van der Waals surface area contributed by atoms with E-state index < -0.39 is 15.9 Å². The van der Waals surface area contributed by atoms with Gasteiger partial charge in [0.05, 0.1) is 23.5 Å². The number of nitrogens with zero attached hydrogens (tertiary/aromatic N) is 2. The average Bonchev–Trinajstić information content (AvgIpc) is 3.44. The van der Waals surface area contributed by atoms with E-state index in [4.69, 9.17) is 16.3 Å². The van der Waals surface area contributed by atoms with Gasteiger partial charge in [0.25, 0.3) is 15.9 Å². The minimum atomic E-state index is -4.06. The number of carbonyl (C=O) groups excluding carboxylic acids is 1. The van der Waals surface area contributed by atoms with Gasteiger partial charge in [-0.2, -0.15) is 5.26 Å². The minimum Gasteiger partial charge on any atom is -0.497 e. The molecule has 0 bridgehead atoms. The molecule has 2 N–H and O–H groups in total. The molecule has 1 amide bonds. The lowest BCUT2D eigenvalue weighted by Crippen LogP contribution is -2.23. The molecule has 0 radical (unpaired) electrons. The van der Waals surface area contributed by atoms with Crippen molar-refractivity contribution in [2.24, 2.45) is 0 Å². The van der Waals surface area contributed by atoms with Crippen LogP contribution < -0.4 is 19.7 Å². The molecule has 3 aromatic rings. The van der Waals surface area contributed by atoms with Crippen LogP contribution in [0, 0.1) is 11.3 Å². The number of hydrogen-bond acceptors (Lipinski definition) is 6. The molecule has 1 heterocycles. The number of carbonyl (C=O) groups is 1. The van der Waals surface area contributed by atoms with Crippen molar-refractivity contribution in [2.75, 3.05) is 35.1 Å². The van der Waals surface area contributed by atoms with Crippen LogP contribution in [0.25, 0.3) is 6.08 Å². The van der Waals surface area contributed by atoms with Crippen LogP contribution in [0.2, 0.25) is 5.02 Å². The monoisotopic (exact) mass is 536 g/mol. The second kappa shape index (κ2) is 11.4. The van der Waals surface area contributed by atoms with Gasteiger partial charge in [-0.05, 0) is 66.9 Å². The summed E-state index contributed by atoms with van der Waals surface area (Å²) < 4.78 is 34.6. The van der Waals surface area contributed by atoms with Crippen LogP contribution in [0.4, 0.5) is 17.1 Å². The molecule has 37 heavy (non-hydrogen) atoms. The standard InChI is InChI=1S/C27H25ClN4O4S/c1-36-22-11-8-19(9-12-22)16-20(18-29)27(33)30-21-10-13-25(32-14-4-5-15-32)26(17-21)37(34,35)31-24-7-3-2-6-23(24)28/h2-3,6-13,16-17,31H,4-5,14-15H2,1H3,(H,30,33)/b20-16+. The highest BCUT2D eigenvalue weighted by Crippen LogP contribution is 2.33. The summed E-state index contributed by atoms with van der Waals surface area (Å²) in [6.45, 7) is 1.45. The van der Waals surface area contributed by atoms with Gasteiger partial charge < -0.3 is 15.0 Å². The number of anilines is 3. The number of para-hydroxylation sites is 1. The topological polar surface area (TPSA) is 112 Å². The van der Waals surface area contributed by atoms with Gasteiger partial charge in [-0.15, -0.1) is 0 Å². The Labute approximate surface area is 221 Å². The minimum absolute atomic E-state index is 0.00441. The number of amides is 1. The van der Waals surface area contributed by atoms with E-state index in [1.54, 1.807) is 67.8 Å². The zero-order valence-corrected chi connectivity index (χ0v) is 21.6. The molecule has 8 nitrogen and oxygen atoms in total. The molecule has 4 rings (SSSR count). The zero-order valence-electron chi connectivity index (χ0n) is 20.1. The molecule has 1 fully saturated rings. The highest BCUT2D eigenvalue weighted by atomic mass is 35.5. The van der Waals surface area contributed by atoms with Crippen molar-refractivity contribution in [1.82, 2.24) is 0 Å². The van der Waals surface area contributed by atoms with Gasteiger partial charge in [0.1, 0.15) is 22.3 Å². The zero-order chi connectivity index (χ0) is 26.4. The lowest BCUT2D eigenvalue weighted by atomic mass is 10.1.